The molecule has 0 bridgehead atoms. The first-order chi connectivity index (χ1) is 10.2. The lowest BCUT2D eigenvalue weighted by molar-refractivity contribution is -0.154. The van der Waals surface area contributed by atoms with Gasteiger partial charge in [0.2, 0.25) is 0 Å². The fourth-order valence-corrected chi connectivity index (χ4v) is 2.32. The quantitative estimate of drug-likeness (QED) is 0.771. The van der Waals surface area contributed by atoms with Crippen molar-refractivity contribution in [3.63, 3.8) is 0 Å². The first kappa shape index (κ1) is 16.9. The second kappa shape index (κ2) is 6.35. The maximum absolute atomic E-state index is 12.6. The topological polar surface area (TPSA) is 87.5 Å². The molecule has 3 N–H and O–H groups in total. The van der Waals surface area contributed by atoms with Crippen molar-refractivity contribution in [1.29, 1.82) is 0 Å². The van der Waals surface area contributed by atoms with E-state index in [1.54, 1.807) is 0 Å². The SMILES string of the molecule is CC(C)C1OCC(Nc2cncc(C(F)(F)F)n2)C(O)C1O. The van der Waals surface area contributed by atoms with Crippen LogP contribution in [0.1, 0.15) is 19.5 Å². The summed E-state index contributed by atoms with van der Waals surface area (Å²) >= 11 is 0. The number of hydrogen-bond donors (Lipinski definition) is 3. The van der Waals surface area contributed by atoms with Crippen molar-refractivity contribution in [3.8, 4) is 0 Å². The van der Waals surface area contributed by atoms with Gasteiger partial charge in [0.1, 0.15) is 18.0 Å². The molecule has 9 heteroatoms. The molecule has 1 aromatic rings. The summed E-state index contributed by atoms with van der Waals surface area (Å²) in [6, 6.07) is -0.775. The highest BCUT2D eigenvalue weighted by Gasteiger charge is 2.40. The minimum Gasteiger partial charge on any atom is -0.388 e. The first-order valence-electron chi connectivity index (χ1n) is 6.83. The zero-order valence-corrected chi connectivity index (χ0v) is 12.1. The number of nitrogens with zero attached hydrogens (tertiary/aromatic N) is 2. The summed E-state index contributed by atoms with van der Waals surface area (Å²) in [6.07, 6.45) is -5.72. The minimum atomic E-state index is -4.60. The van der Waals surface area contributed by atoms with E-state index in [1.165, 1.54) is 0 Å². The number of nitrogens with one attached hydrogen (secondary N) is 1. The number of ether oxygens (including phenoxy) is 1. The summed E-state index contributed by atoms with van der Waals surface area (Å²) in [5.74, 6) is -0.142. The van der Waals surface area contributed by atoms with Crippen molar-refractivity contribution in [1.82, 2.24) is 9.97 Å². The van der Waals surface area contributed by atoms with Crippen molar-refractivity contribution in [2.75, 3.05) is 11.9 Å². The van der Waals surface area contributed by atoms with Gasteiger partial charge in [-0.25, -0.2) is 4.98 Å². The summed E-state index contributed by atoms with van der Waals surface area (Å²) < 4.78 is 43.2. The van der Waals surface area contributed by atoms with Gasteiger partial charge < -0.3 is 20.3 Å². The second-order valence-electron chi connectivity index (χ2n) is 5.56. The molecule has 0 radical (unpaired) electrons. The van der Waals surface area contributed by atoms with Crippen LogP contribution in [0.5, 0.6) is 0 Å². The zero-order valence-electron chi connectivity index (χ0n) is 12.1. The van der Waals surface area contributed by atoms with E-state index < -0.39 is 36.2 Å². The highest BCUT2D eigenvalue weighted by atomic mass is 19.4. The molecule has 2 rings (SSSR count). The molecular formula is C13H18F3N3O3. The highest BCUT2D eigenvalue weighted by Crippen LogP contribution is 2.28. The standard InChI is InChI=1S/C13H18F3N3O3/c1-6(2)12-11(21)10(20)7(5-22-12)18-9-4-17-3-8(19-9)13(14,15)16/h3-4,6-7,10-12,20-21H,5H2,1-2H3,(H,18,19). The van der Waals surface area contributed by atoms with E-state index in [2.05, 4.69) is 15.3 Å². The lowest BCUT2D eigenvalue weighted by Gasteiger charge is -2.39. The van der Waals surface area contributed by atoms with Gasteiger partial charge in [0.15, 0.2) is 5.69 Å². The first-order valence-corrected chi connectivity index (χ1v) is 6.83. The molecule has 1 fully saturated rings. The van der Waals surface area contributed by atoms with E-state index in [4.69, 9.17) is 4.74 Å². The highest BCUT2D eigenvalue weighted by molar-refractivity contribution is 5.34. The molecule has 22 heavy (non-hydrogen) atoms. The Kier molecular flexibility index (Phi) is 4.88. The number of rotatable bonds is 3. The third-order valence-electron chi connectivity index (χ3n) is 3.48. The van der Waals surface area contributed by atoms with Gasteiger partial charge in [-0.3, -0.25) is 4.98 Å². The van der Waals surface area contributed by atoms with E-state index in [0.29, 0.717) is 6.20 Å². The number of aliphatic hydroxyl groups excluding tert-OH is 2. The Morgan fingerprint density at radius 2 is 1.95 bits per heavy atom. The van der Waals surface area contributed by atoms with Gasteiger partial charge in [-0.1, -0.05) is 13.8 Å². The van der Waals surface area contributed by atoms with Crippen LogP contribution < -0.4 is 5.32 Å². The van der Waals surface area contributed by atoms with Crippen LogP contribution in [0, 0.1) is 5.92 Å². The molecule has 2 heterocycles. The molecule has 0 spiro atoms. The third-order valence-corrected chi connectivity index (χ3v) is 3.48. The van der Waals surface area contributed by atoms with Crippen LogP contribution >= 0.6 is 0 Å². The molecule has 1 aliphatic rings. The zero-order chi connectivity index (χ0) is 16.5. The smallest absolute Gasteiger partial charge is 0.388 e. The van der Waals surface area contributed by atoms with Gasteiger partial charge in [-0.15, -0.1) is 0 Å². The monoisotopic (exact) mass is 321 g/mol. The number of alkyl halides is 3. The van der Waals surface area contributed by atoms with E-state index in [0.717, 1.165) is 6.20 Å². The Hall–Kier alpha value is -1.45. The van der Waals surface area contributed by atoms with E-state index >= 15 is 0 Å². The fraction of sp³-hybridized carbons (Fsp3) is 0.692. The molecule has 124 valence electrons. The summed E-state index contributed by atoms with van der Waals surface area (Å²) in [5.41, 5.74) is -1.13. The number of halogens is 3. The van der Waals surface area contributed by atoms with Crippen molar-refractivity contribution < 1.29 is 28.1 Å². The Balaban J connectivity index is 2.09. The Morgan fingerprint density at radius 3 is 2.55 bits per heavy atom. The maximum Gasteiger partial charge on any atom is 0.434 e. The van der Waals surface area contributed by atoms with Crippen molar-refractivity contribution in [2.24, 2.45) is 5.92 Å². The van der Waals surface area contributed by atoms with Crippen molar-refractivity contribution in [2.45, 2.75) is 44.4 Å². The van der Waals surface area contributed by atoms with Crippen molar-refractivity contribution >= 4 is 5.82 Å². The van der Waals surface area contributed by atoms with Crippen LogP contribution in [-0.4, -0.2) is 51.1 Å². The summed E-state index contributed by atoms with van der Waals surface area (Å²) in [7, 11) is 0. The van der Waals surface area contributed by atoms with E-state index in [-0.39, 0.29) is 18.3 Å². The normalized spacial score (nSPS) is 29.6. The van der Waals surface area contributed by atoms with Crippen LogP contribution in [0.3, 0.4) is 0 Å². The molecule has 0 saturated carbocycles. The average Bonchev–Trinajstić information content (AvgIpc) is 2.43. The molecular weight excluding hydrogens is 303 g/mol. The molecule has 4 unspecified atom stereocenters. The second-order valence-corrected chi connectivity index (χ2v) is 5.56. The number of hydrogen-bond acceptors (Lipinski definition) is 6. The molecule has 4 atom stereocenters. The lowest BCUT2D eigenvalue weighted by atomic mass is 9.91. The molecule has 0 aliphatic carbocycles. The van der Waals surface area contributed by atoms with Crippen LogP contribution in [0.15, 0.2) is 12.4 Å². The number of aliphatic hydroxyl groups is 2. The molecule has 0 aromatic carbocycles. The van der Waals surface area contributed by atoms with Crippen LogP contribution in [-0.2, 0) is 10.9 Å². The minimum absolute atomic E-state index is 0.000973. The summed E-state index contributed by atoms with van der Waals surface area (Å²) in [5, 5.41) is 22.7. The van der Waals surface area contributed by atoms with Crippen LogP contribution in [0.4, 0.5) is 19.0 Å². The molecule has 6 nitrogen and oxygen atoms in total. The van der Waals surface area contributed by atoms with E-state index in [1.807, 2.05) is 13.8 Å². The van der Waals surface area contributed by atoms with Gasteiger partial charge in [0.05, 0.1) is 31.1 Å². The molecule has 1 aliphatic heterocycles. The van der Waals surface area contributed by atoms with Crippen LogP contribution in [0.2, 0.25) is 0 Å². The van der Waals surface area contributed by atoms with Gasteiger partial charge in [-0.05, 0) is 5.92 Å². The Morgan fingerprint density at radius 1 is 1.27 bits per heavy atom. The maximum atomic E-state index is 12.6. The average molecular weight is 321 g/mol. The molecule has 1 saturated heterocycles. The van der Waals surface area contributed by atoms with Gasteiger partial charge in [0, 0.05) is 0 Å². The largest absolute Gasteiger partial charge is 0.434 e. The Bertz CT molecular complexity index is 513. The fourth-order valence-electron chi connectivity index (χ4n) is 2.32. The molecule has 0 amide bonds. The van der Waals surface area contributed by atoms with Gasteiger partial charge in [0.25, 0.3) is 0 Å². The number of anilines is 1. The predicted molar refractivity (Wildman–Crippen MR) is 71.0 cm³/mol. The van der Waals surface area contributed by atoms with E-state index in [9.17, 15) is 23.4 Å². The van der Waals surface area contributed by atoms with Crippen molar-refractivity contribution in [3.05, 3.63) is 18.1 Å². The lowest BCUT2D eigenvalue weighted by Crippen LogP contribution is -2.57. The third kappa shape index (κ3) is 3.65. The summed E-state index contributed by atoms with van der Waals surface area (Å²) in [6.45, 7) is 3.72. The number of aromatic nitrogens is 2. The van der Waals surface area contributed by atoms with Gasteiger partial charge in [-0.2, -0.15) is 13.2 Å². The predicted octanol–water partition coefficient (Wildman–Crippen LogP) is 1.05. The Labute approximate surface area is 125 Å². The van der Waals surface area contributed by atoms with Crippen LogP contribution in [0.25, 0.3) is 0 Å². The van der Waals surface area contributed by atoms with Gasteiger partial charge >= 0.3 is 6.18 Å². The molecule has 1 aromatic heterocycles. The summed E-state index contributed by atoms with van der Waals surface area (Å²) in [4.78, 5) is 6.88.